The number of benzene rings is 1. The van der Waals surface area contributed by atoms with Crippen LogP contribution in [0.3, 0.4) is 0 Å². The van der Waals surface area contributed by atoms with Crippen LogP contribution in [0.25, 0.3) is 0 Å². The average Bonchev–Trinajstić information content (AvgIpc) is 3.22. The van der Waals surface area contributed by atoms with E-state index in [-0.39, 0.29) is 0 Å². The van der Waals surface area contributed by atoms with Gasteiger partial charge in [-0.3, -0.25) is 0 Å². The Labute approximate surface area is 164 Å². The quantitative estimate of drug-likeness (QED) is 0.632. The van der Waals surface area contributed by atoms with Crippen molar-refractivity contribution in [3.05, 3.63) is 42.3 Å². The molecule has 0 aliphatic heterocycles. The highest BCUT2D eigenvalue weighted by Gasteiger charge is 2.55. The van der Waals surface area contributed by atoms with Crippen molar-refractivity contribution in [2.45, 2.75) is 82.7 Å². The van der Waals surface area contributed by atoms with Crippen LogP contribution < -0.4 is 10.3 Å². The topological polar surface area (TPSA) is 55.5 Å². The Balaban J connectivity index is 1.88. The highest BCUT2D eigenvalue weighted by molar-refractivity contribution is 6.93. The number of ether oxygens (including phenoxy) is 1. The van der Waals surface area contributed by atoms with Crippen LogP contribution in [-0.4, -0.2) is 23.8 Å². The van der Waals surface area contributed by atoms with E-state index in [9.17, 15) is 5.11 Å². The predicted octanol–water partition coefficient (Wildman–Crippen LogP) is 5.21. The van der Waals surface area contributed by atoms with E-state index in [2.05, 4.69) is 41.5 Å². The minimum Gasteiger partial charge on any atom is -0.484 e. The fraction of sp³-hybridized carbons (Fsp3) is 0.591. The van der Waals surface area contributed by atoms with Gasteiger partial charge in [0.1, 0.15) is 11.4 Å². The highest BCUT2D eigenvalue weighted by atomic mass is 28.3. The van der Waals surface area contributed by atoms with Gasteiger partial charge in [0.15, 0.2) is 25.5 Å². The summed E-state index contributed by atoms with van der Waals surface area (Å²) in [5, 5.41) is 11.0. The smallest absolute Gasteiger partial charge is 0.167 e. The SMILES string of the molecule is CC(C)[Si](c1ncc(C(O)C2(Oc3ccccc3)CC2)o1)(C(C)C)C(C)C. The fourth-order valence-electron chi connectivity index (χ4n) is 4.89. The highest BCUT2D eigenvalue weighted by Crippen LogP contribution is 2.49. The predicted molar refractivity (Wildman–Crippen MR) is 111 cm³/mol. The summed E-state index contributed by atoms with van der Waals surface area (Å²) in [6.07, 6.45) is 2.57. The molecule has 1 heterocycles. The Hall–Kier alpha value is -1.59. The Kier molecular flexibility index (Phi) is 5.55. The molecule has 1 fully saturated rings. The van der Waals surface area contributed by atoms with Crippen LogP contribution in [0.1, 0.15) is 66.2 Å². The molecule has 3 rings (SSSR count). The van der Waals surface area contributed by atoms with Gasteiger partial charge in [-0.05, 0) is 41.6 Å². The van der Waals surface area contributed by atoms with Gasteiger partial charge in [0, 0.05) is 0 Å². The summed E-state index contributed by atoms with van der Waals surface area (Å²) in [6.45, 7) is 13.7. The Morgan fingerprint density at radius 1 is 1.00 bits per heavy atom. The zero-order chi connectivity index (χ0) is 19.8. The van der Waals surface area contributed by atoms with Gasteiger partial charge >= 0.3 is 0 Å². The van der Waals surface area contributed by atoms with E-state index >= 15 is 0 Å². The third-order valence-corrected chi connectivity index (χ3v) is 13.0. The van der Waals surface area contributed by atoms with Crippen LogP contribution in [0.15, 0.2) is 40.9 Å². The molecule has 27 heavy (non-hydrogen) atoms. The van der Waals surface area contributed by atoms with Crippen LogP contribution in [0.4, 0.5) is 0 Å². The van der Waals surface area contributed by atoms with Gasteiger partial charge in [-0.25, -0.2) is 4.98 Å². The zero-order valence-corrected chi connectivity index (χ0v) is 18.4. The third kappa shape index (κ3) is 3.47. The number of nitrogens with zero attached hydrogens (tertiary/aromatic N) is 1. The molecule has 2 aromatic rings. The van der Waals surface area contributed by atoms with Crippen molar-refractivity contribution in [3.8, 4) is 5.75 Å². The molecule has 1 atom stereocenters. The van der Waals surface area contributed by atoms with Gasteiger partial charge in [-0.2, -0.15) is 0 Å². The molecule has 0 spiro atoms. The maximum atomic E-state index is 11.0. The summed E-state index contributed by atoms with van der Waals surface area (Å²) in [5.41, 5.74) is 1.81. The normalized spacial score (nSPS) is 17.6. The van der Waals surface area contributed by atoms with Crippen LogP contribution in [0.5, 0.6) is 5.75 Å². The van der Waals surface area contributed by atoms with E-state index in [1.807, 2.05) is 30.3 Å². The number of aliphatic hydroxyl groups excluding tert-OH is 1. The molecule has 1 aromatic heterocycles. The van der Waals surface area contributed by atoms with Crippen molar-refractivity contribution in [1.29, 1.82) is 0 Å². The maximum Gasteiger partial charge on any atom is 0.167 e. The first-order chi connectivity index (χ1) is 12.7. The summed E-state index contributed by atoms with van der Waals surface area (Å²) in [4.78, 5) is 4.70. The van der Waals surface area contributed by atoms with Gasteiger partial charge < -0.3 is 14.3 Å². The van der Waals surface area contributed by atoms with Crippen molar-refractivity contribution in [2.24, 2.45) is 0 Å². The van der Waals surface area contributed by atoms with Crippen LogP contribution in [0, 0.1) is 0 Å². The molecule has 1 N–H and O–H groups in total. The molecule has 148 valence electrons. The van der Waals surface area contributed by atoms with E-state index < -0.39 is 19.8 Å². The summed E-state index contributed by atoms with van der Waals surface area (Å²) in [6, 6.07) is 9.69. The second kappa shape index (κ2) is 7.44. The van der Waals surface area contributed by atoms with Crippen molar-refractivity contribution >= 4 is 13.6 Å². The average molecular weight is 388 g/mol. The summed E-state index contributed by atoms with van der Waals surface area (Å²) >= 11 is 0. The second-order valence-electron chi connectivity index (χ2n) is 8.85. The fourth-order valence-corrected chi connectivity index (χ4v) is 11.0. The standard InChI is InChI=1S/C22H33NO3Si/c1-15(2)27(16(3)4,17(5)6)21-23-14-19(25-21)20(24)22(12-13-22)26-18-10-8-7-9-11-18/h7-11,14-17,20,24H,12-13H2,1-6H3. The summed E-state index contributed by atoms with van der Waals surface area (Å²) in [7, 11) is -1.97. The van der Waals surface area contributed by atoms with Crippen LogP contribution >= 0.6 is 0 Å². The number of oxazole rings is 1. The molecular weight excluding hydrogens is 354 g/mol. The molecule has 0 amide bonds. The second-order valence-corrected chi connectivity index (χ2v) is 14.6. The number of aliphatic hydroxyl groups is 1. The molecule has 5 heteroatoms. The lowest BCUT2D eigenvalue weighted by molar-refractivity contribution is 0.00367. The molecule has 1 aliphatic rings. The van der Waals surface area contributed by atoms with E-state index in [0.29, 0.717) is 22.4 Å². The zero-order valence-electron chi connectivity index (χ0n) is 17.4. The lowest BCUT2D eigenvalue weighted by Gasteiger charge is -2.39. The Morgan fingerprint density at radius 2 is 1.56 bits per heavy atom. The molecular formula is C22H33NO3Si. The lowest BCUT2D eigenvalue weighted by Crippen LogP contribution is -2.56. The first kappa shape index (κ1) is 20.1. The molecule has 1 aromatic carbocycles. The van der Waals surface area contributed by atoms with Gasteiger partial charge in [0.05, 0.1) is 6.20 Å². The van der Waals surface area contributed by atoms with Gasteiger partial charge in [0.25, 0.3) is 0 Å². The molecule has 1 aliphatic carbocycles. The van der Waals surface area contributed by atoms with Crippen molar-refractivity contribution in [3.63, 3.8) is 0 Å². The molecule has 0 bridgehead atoms. The summed E-state index contributed by atoms with van der Waals surface area (Å²) < 4.78 is 12.4. The minimum atomic E-state index is -1.97. The third-order valence-electron chi connectivity index (χ3n) is 6.33. The van der Waals surface area contributed by atoms with E-state index in [0.717, 1.165) is 24.1 Å². The Bertz CT molecular complexity index is 728. The monoisotopic (exact) mass is 387 g/mol. The molecule has 4 nitrogen and oxygen atoms in total. The van der Waals surface area contributed by atoms with E-state index in [4.69, 9.17) is 14.1 Å². The minimum absolute atomic E-state index is 0.511. The number of rotatable bonds is 8. The van der Waals surface area contributed by atoms with E-state index in [1.54, 1.807) is 6.20 Å². The van der Waals surface area contributed by atoms with E-state index in [1.165, 1.54) is 0 Å². The maximum absolute atomic E-state index is 11.0. The molecule has 0 saturated heterocycles. The molecule has 0 radical (unpaired) electrons. The first-order valence-electron chi connectivity index (χ1n) is 10.1. The lowest BCUT2D eigenvalue weighted by atomic mass is 10.1. The molecule has 1 unspecified atom stereocenters. The summed E-state index contributed by atoms with van der Waals surface area (Å²) in [5.74, 6) is 1.32. The van der Waals surface area contributed by atoms with Gasteiger partial charge in [0.2, 0.25) is 0 Å². The number of hydrogen-bond donors (Lipinski definition) is 1. The van der Waals surface area contributed by atoms with Gasteiger partial charge in [-0.1, -0.05) is 59.7 Å². The van der Waals surface area contributed by atoms with Crippen LogP contribution in [0.2, 0.25) is 16.6 Å². The first-order valence-corrected chi connectivity index (χ1v) is 12.4. The van der Waals surface area contributed by atoms with Crippen molar-refractivity contribution < 1.29 is 14.3 Å². The van der Waals surface area contributed by atoms with Crippen molar-refractivity contribution in [2.75, 3.05) is 0 Å². The number of aromatic nitrogens is 1. The van der Waals surface area contributed by atoms with Gasteiger partial charge in [-0.15, -0.1) is 0 Å². The van der Waals surface area contributed by atoms with Crippen LogP contribution in [-0.2, 0) is 0 Å². The number of hydrogen-bond acceptors (Lipinski definition) is 4. The largest absolute Gasteiger partial charge is 0.484 e. The molecule has 1 saturated carbocycles. The van der Waals surface area contributed by atoms with Crippen molar-refractivity contribution in [1.82, 2.24) is 4.98 Å². The number of para-hydroxylation sites is 1. The Morgan fingerprint density at radius 3 is 2.04 bits per heavy atom.